The highest BCUT2D eigenvalue weighted by Gasteiger charge is 2.08. The van der Waals surface area contributed by atoms with Crippen LogP contribution >= 0.6 is 0 Å². The van der Waals surface area contributed by atoms with Crippen molar-refractivity contribution in [3.63, 3.8) is 0 Å². The summed E-state index contributed by atoms with van der Waals surface area (Å²) in [7, 11) is 1.58. The van der Waals surface area contributed by atoms with Crippen molar-refractivity contribution >= 4 is 0 Å². The molecular formula is C14H22O4. The molecule has 0 saturated heterocycles. The van der Waals surface area contributed by atoms with E-state index in [1.54, 1.807) is 26.2 Å². The Morgan fingerprint density at radius 2 is 1.83 bits per heavy atom. The summed E-state index contributed by atoms with van der Waals surface area (Å²) in [5, 5.41) is 9.49. The van der Waals surface area contributed by atoms with E-state index in [9.17, 15) is 5.11 Å². The van der Waals surface area contributed by atoms with Crippen molar-refractivity contribution in [3.05, 3.63) is 23.8 Å². The fourth-order valence-electron chi connectivity index (χ4n) is 1.50. The van der Waals surface area contributed by atoms with Crippen molar-refractivity contribution in [2.75, 3.05) is 20.3 Å². The van der Waals surface area contributed by atoms with Gasteiger partial charge in [0, 0.05) is 0 Å². The predicted molar refractivity (Wildman–Crippen MR) is 70.2 cm³/mol. The summed E-state index contributed by atoms with van der Waals surface area (Å²) in [6.07, 6.45) is -0.315. The lowest BCUT2D eigenvalue weighted by atomic mass is 10.1. The molecule has 4 nitrogen and oxygen atoms in total. The Morgan fingerprint density at radius 1 is 1.11 bits per heavy atom. The molecule has 0 spiro atoms. The molecular weight excluding hydrogens is 232 g/mol. The van der Waals surface area contributed by atoms with Gasteiger partial charge in [0.2, 0.25) is 0 Å². The number of rotatable bonds is 7. The third-order valence-corrected chi connectivity index (χ3v) is 2.46. The molecule has 4 heteroatoms. The van der Waals surface area contributed by atoms with Crippen molar-refractivity contribution in [2.24, 2.45) is 0 Å². The average molecular weight is 254 g/mol. The largest absolute Gasteiger partial charge is 0.493 e. The van der Waals surface area contributed by atoms with E-state index < -0.39 is 6.10 Å². The minimum Gasteiger partial charge on any atom is -0.493 e. The molecule has 1 aromatic rings. The second-order valence-corrected chi connectivity index (χ2v) is 4.35. The van der Waals surface area contributed by atoms with Crippen LogP contribution in [-0.2, 0) is 4.74 Å². The summed E-state index contributed by atoms with van der Waals surface area (Å²) in [4.78, 5) is 0. The summed E-state index contributed by atoms with van der Waals surface area (Å²) in [6, 6.07) is 5.41. The van der Waals surface area contributed by atoms with Crippen LogP contribution in [-0.4, -0.2) is 31.5 Å². The van der Waals surface area contributed by atoms with Crippen LogP contribution in [0, 0.1) is 0 Å². The minimum absolute atomic E-state index is 0.202. The number of aliphatic hydroxyl groups excluding tert-OH is 1. The van der Waals surface area contributed by atoms with Crippen molar-refractivity contribution in [3.8, 4) is 11.5 Å². The fraction of sp³-hybridized carbons (Fsp3) is 0.571. The maximum Gasteiger partial charge on any atom is 0.161 e. The second-order valence-electron chi connectivity index (χ2n) is 4.35. The van der Waals surface area contributed by atoms with Gasteiger partial charge in [0.05, 0.1) is 25.9 Å². The van der Waals surface area contributed by atoms with Gasteiger partial charge in [-0.15, -0.1) is 0 Å². The normalized spacial score (nSPS) is 12.6. The average Bonchev–Trinajstić information content (AvgIpc) is 2.34. The fourth-order valence-corrected chi connectivity index (χ4v) is 1.50. The molecule has 0 fully saturated rings. The van der Waals surface area contributed by atoms with Crippen LogP contribution in [0.3, 0.4) is 0 Å². The molecule has 1 unspecified atom stereocenters. The first-order valence-electron chi connectivity index (χ1n) is 6.15. The molecule has 0 radical (unpaired) electrons. The predicted octanol–water partition coefficient (Wildman–Crippen LogP) is 2.55. The number of ether oxygens (including phenoxy) is 3. The second kappa shape index (κ2) is 7.24. The van der Waals surface area contributed by atoms with Gasteiger partial charge in [0.25, 0.3) is 0 Å². The molecule has 0 saturated carbocycles. The van der Waals surface area contributed by atoms with Gasteiger partial charge >= 0.3 is 0 Å². The first-order valence-corrected chi connectivity index (χ1v) is 6.15. The van der Waals surface area contributed by atoms with Gasteiger partial charge < -0.3 is 19.3 Å². The van der Waals surface area contributed by atoms with E-state index in [1.807, 2.05) is 19.9 Å². The number of methoxy groups -OCH3 is 1. The Bertz CT molecular complexity index is 361. The van der Waals surface area contributed by atoms with Crippen LogP contribution in [0.15, 0.2) is 18.2 Å². The molecule has 0 aromatic heterocycles. The molecule has 102 valence electrons. The topological polar surface area (TPSA) is 47.9 Å². The van der Waals surface area contributed by atoms with E-state index >= 15 is 0 Å². The highest BCUT2D eigenvalue weighted by atomic mass is 16.5. The number of hydrogen-bond acceptors (Lipinski definition) is 4. The van der Waals surface area contributed by atoms with Gasteiger partial charge in [-0.25, -0.2) is 0 Å². The molecule has 1 atom stereocenters. The summed E-state index contributed by atoms with van der Waals surface area (Å²) < 4.78 is 16.2. The van der Waals surface area contributed by atoms with E-state index in [0.29, 0.717) is 24.7 Å². The molecule has 1 aromatic carbocycles. The van der Waals surface area contributed by atoms with E-state index in [2.05, 4.69) is 0 Å². The summed E-state index contributed by atoms with van der Waals surface area (Å²) in [6.45, 7) is 6.70. The zero-order valence-electron chi connectivity index (χ0n) is 11.5. The first-order chi connectivity index (χ1) is 8.54. The van der Waals surface area contributed by atoms with Crippen molar-refractivity contribution in [1.29, 1.82) is 0 Å². The van der Waals surface area contributed by atoms with Gasteiger partial charge in [-0.3, -0.25) is 0 Å². The van der Waals surface area contributed by atoms with E-state index in [0.717, 1.165) is 5.56 Å². The van der Waals surface area contributed by atoms with Gasteiger partial charge in [-0.2, -0.15) is 0 Å². The number of aliphatic hydroxyl groups is 1. The molecule has 0 aliphatic carbocycles. The molecule has 0 bridgehead atoms. The lowest BCUT2D eigenvalue weighted by Gasteiger charge is -2.14. The Kier molecular flexibility index (Phi) is 5.95. The molecule has 0 aliphatic heterocycles. The quantitative estimate of drug-likeness (QED) is 0.760. The van der Waals surface area contributed by atoms with Crippen LogP contribution < -0.4 is 9.47 Å². The van der Waals surface area contributed by atoms with Gasteiger partial charge in [0.15, 0.2) is 11.5 Å². The van der Waals surface area contributed by atoms with Crippen LogP contribution in [0.1, 0.15) is 32.4 Å². The van der Waals surface area contributed by atoms with Gasteiger partial charge in [0.1, 0.15) is 6.61 Å². The zero-order chi connectivity index (χ0) is 13.5. The Hall–Kier alpha value is -1.26. The smallest absolute Gasteiger partial charge is 0.161 e. The Labute approximate surface area is 108 Å². The number of benzene rings is 1. The third kappa shape index (κ3) is 4.55. The minimum atomic E-state index is -0.516. The van der Waals surface area contributed by atoms with E-state index in [1.165, 1.54) is 0 Å². The molecule has 1 N–H and O–H groups in total. The summed E-state index contributed by atoms with van der Waals surface area (Å²) in [5.41, 5.74) is 0.803. The SMILES string of the molecule is COc1cc(C(C)O)ccc1OCCOC(C)C. The van der Waals surface area contributed by atoms with Crippen LogP contribution in [0.25, 0.3) is 0 Å². The lowest BCUT2D eigenvalue weighted by Crippen LogP contribution is -2.11. The molecule has 0 heterocycles. The molecule has 0 aliphatic rings. The first kappa shape index (κ1) is 14.8. The highest BCUT2D eigenvalue weighted by molar-refractivity contribution is 5.43. The van der Waals surface area contributed by atoms with E-state index in [-0.39, 0.29) is 6.10 Å². The monoisotopic (exact) mass is 254 g/mol. The highest BCUT2D eigenvalue weighted by Crippen LogP contribution is 2.30. The van der Waals surface area contributed by atoms with E-state index in [4.69, 9.17) is 14.2 Å². The number of hydrogen-bond donors (Lipinski definition) is 1. The van der Waals surface area contributed by atoms with Crippen molar-refractivity contribution < 1.29 is 19.3 Å². The van der Waals surface area contributed by atoms with Gasteiger partial charge in [-0.05, 0) is 38.5 Å². The van der Waals surface area contributed by atoms with Crippen LogP contribution in [0.5, 0.6) is 11.5 Å². The van der Waals surface area contributed by atoms with Crippen LogP contribution in [0.2, 0.25) is 0 Å². The Balaban J connectivity index is 2.59. The molecule has 18 heavy (non-hydrogen) atoms. The van der Waals surface area contributed by atoms with Gasteiger partial charge in [-0.1, -0.05) is 6.07 Å². The standard InChI is InChI=1S/C14H22O4/c1-10(2)17-7-8-18-13-6-5-12(11(3)15)9-14(13)16-4/h5-6,9-11,15H,7-8H2,1-4H3. The third-order valence-electron chi connectivity index (χ3n) is 2.46. The zero-order valence-corrected chi connectivity index (χ0v) is 11.5. The summed E-state index contributed by atoms with van der Waals surface area (Å²) >= 11 is 0. The van der Waals surface area contributed by atoms with Crippen molar-refractivity contribution in [2.45, 2.75) is 33.0 Å². The maximum atomic E-state index is 9.49. The summed E-state index contributed by atoms with van der Waals surface area (Å²) in [5.74, 6) is 1.28. The van der Waals surface area contributed by atoms with Crippen molar-refractivity contribution in [1.82, 2.24) is 0 Å². The Morgan fingerprint density at radius 3 is 2.39 bits per heavy atom. The van der Waals surface area contributed by atoms with Crippen LogP contribution in [0.4, 0.5) is 0 Å². The maximum absolute atomic E-state index is 9.49. The molecule has 0 amide bonds. The lowest BCUT2D eigenvalue weighted by molar-refractivity contribution is 0.0546. The molecule has 1 rings (SSSR count).